The van der Waals surface area contributed by atoms with Crippen LogP contribution in [0.5, 0.6) is 0 Å². The molecule has 88 valence electrons. The van der Waals surface area contributed by atoms with Crippen LogP contribution < -0.4 is 10.3 Å². The SMILES string of the molecule is NN(c1ccccc1)S(=O)(=O)c1ccccc1. The van der Waals surface area contributed by atoms with Crippen LogP contribution in [-0.2, 0) is 10.0 Å². The fourth-order valence-electron chi connectivity index (χ4n) is 1.42. The summed E-state index contributed by atoms with van der Waals surface area (Å²) < 4.78 is 25.0. The van der Waals surface area contributed by atoms with E-state index < -0.39 is 10.0 Å². The summed E-state index contributed by atoms with van der Waals surface area (Å²) in [5.74, 6) is 5.65. The Labute approximate surface area is 100 Å². The van der Waals surface area contributed by atoms with Crippen molar-refractivity contribution in [1.29, 1.82) is 0 Å². The fourth-order valence-corrected chi connectivity index (χ4v) is 2.55. The highest BCUT2D eigenvalue weighted by Gasteiger charge is 2.21. The summed E-state index contributed by atoms with van der Waals surface area (Å²) in [6.45, 7) is 0. The molecule has 0 heterocycles. The first kappa shape index (κ1) is 11.6. The second-order valence-corrected chi connectivity index (χ2v) is 5.26. The van der Waals surface area contributed by atoms with Crippen LogP contribution in [0.15, 0.2) is 65.6 Å². The van der Waals surface area contributed by atoms with Gasteiger partial charge in [0.1, 0.15) is 0 Å². The minimum atomic E-state index is -3.68. The van der Waals surface area contributed by atoms with Crippen LogP contribution in [0.1, 0.15) is 0 Å². The fraction of sp³-hybridized carbons (Fsp3) is 0. The second-order valence-electron chi connectivity index (χ2n) is 3.45. The summed E-state index contributed by atoms with van der Waals surface area (Å²) in [5, 5.41) is 0. The van der Waals surface area contributed by atoms with E-state index in [0.29, 0.717) is 5.69 Å². The first-order valence-electron chi connectivity index (χ1n) is 5.02. The molecule has 0 spiro atoms. The van der Waals surface area contributed by atoms with E-state index in [9.17, 15) is 8.42 Å². The Morgan fingerprint density at radius 1 is 0.824 bits per heavy atom. The highest BCUT2D eigenvalue weighted by Crippen LogP contribution is 2.19. The van der Waals surface area contributed by atoms with Crippen LogP contribution in [0, 0.1) is 0 Å². The molecule has 2 aromatic rings. The molecule has 0 saturated heterocycles. The van der Waals surface area contributed by atoms with E-state index in [1.807, 2.05) is 0 Å². The van der Waals surface area contributed by atoms with Gasteiger partial charge in [0.05, 0.1) is 10.6 Å². The van der Waals surface area contributed by atoms with E-state index in [1.165, 1.54) is 12.1 Å². The van der Waals surface area contributed by atoms with Crippen molar-refractivity contribution in [2.45, 2.75) is 4.90 Å². The Kier molecular flexibility index (Phi) is 3.12. The lowest BCUT2D eigenvalue weighted by Crippen LogP contribution is -2.37. The monoisotopic (exact) mass is 248 g/mol. The molecule has 0 atom stereocenters. The number of nitrogens with zero attached hydrogens (tertiary/aromatic N) is 1. The Hall–Kier alpha value is -1.85. The molecule has 0 saturated carbocycles. The molecule has 4 nitrogen and oxygen atoms in total. The third-order valence-electron chi connectivity index (χ3n) is 2.31. The van der Waals surface area contributed by atoms with Crippen molar-refractivity contribution in [2.24, 2.45) is 5.84 Å². The molecule has 5 heteroatoms. The summed E-state index contributed by atoms with van der Waals surface area (Å²) in [7, 11) is -3.68. The quantitative estimate of drug-likeness (QED) is 0.665. The highest BCUT2D eigenvalue weighted by atomic mass is 32.2. The predicted octanol–water partition coefficient (Wildman–Crippen LogP) is 1.76. The maximum atomic E-state index is 12.1. The maximum Gasteiger partial charge on any atom is 0.277 e. The number of hydrogen-bond donors (Lipinski definition) is 1. The molecule has 0 amide bonds. The zero-order valence-corrected chi connectivity index (χ0v) is 9.84. The van der Waals surface area contributed by atoms with Gasteiger partial charge in [-0.2, -0.15) is 8.42 Å². The lowest BCUT2D eigenvalue weighted by molar-refractivity contribution is 0.592. The largest absolute Gasteiger partial charge is 0.277 e. The van der Waals surface area contributed by atoms with E-state index in [2.05, 4.69) is 0 Å². The molecule has 17 heavy (non-hydrogen) atoms. The molecular formula is C12H12N2O2S. The standard InChI is InChI=1S/C12H12N2O2S/c13-14(11-7-3-1-4-8-11)17(15,16)12-9-5-2-6-10-12/h1-10H,13H2. The molecule has 0 fully saturated rings. The van der Waals surface area contributed by atoms with Crippen molar-refractivity contribution < 1.29 is 8.42 Å². The topological polar surface area (TPSA) is 63.4 Å². The summed E-state index contributed by atoms with van der Waals surface area (Å²) >= 11 is 0. The van der Waals surface area contributed by atoms with Gasteiger partial charge in [-0.25, -0.2) is 10.3 Å². The highest BCUT2D eigenvalue weighted by molar-refractivity contribution is 7.92. The van der Waals surface area contributed by atoms with E-state index in [1.54, 1.807) is 48.5 Å². The Bertz CT molecular complexity index is 582. The van der Waals surface area contributed by atoms with Crippen molar-refractivity contribution in [2.75, 3.05) is 4.41 Å². The Morgan fingerprint density at radius 3 is 1.82 bits per heavy atom. The van der Waals surface area contributed by atoms with Gasteiger partial charge in [-0.1, -0.05) is 36.4 Å². The molecule has 0 radical (unpaired) electrons. The normalized spacial score (nSPS) is 11.1. The van der Waals surface area contributed by atoms with E-state index >= 15 is 0 Å². The van der Waals surface area contributed by atoms with Gasteiger partial charge < -0.3 is 0 Å². The Morgan fingerprint density at radius 2 is 1.29 bits per heavy atom. The lowest BCUT2D eigenvalue weighted by Gasteiger charge is -2.18. The zero-order valence-electron chi connectivity index (χ0n) is 9.02. The third kappa shape index (κ3) is 2.30. The minimum absolute atomic E-state index is 0.173. The number of nitrogens with two attached hydrogens (primary N) is 1. The molecule has 0 aliphatic rings. The smallest absolute Gasteiger partial charge is 0.233 e. The molecular weight excluding hydrogens is 236 g/mol. The summed E-state index contributed by atoms with van der Waals surface area (Å²) in [4.78, 5) is 0.173. The predicted molar refractivity (Wildman–Crippen MR) is 66.7 cm³/mol. The van der Waals surface area contributed by atoms with Crippen molar-refractivity contribution >= 4 is 15.7 Å². The lowest BCUT2D eigenvalue weighted by atomic mass is 10.3. The van der Waals surface area contributed by atoms with Gasteiger partial charge >= 0.3 is 0 Å². The summed E-state index contributed by atoms with van der Waals surface area (Å²) in [6, 6.07) is 16.6. The minimum Gasteiger partial charge on any atom is -0.233 e. The van der Waals surface area contributed by atoms with Crippen LogP contribution in [0.4, 0.5) is 5.69 Å². The number of rotatable bonds is 3. The zero-order chi connectivity index (χ0) is 12.3. The molecule has 0 aromatic heterocycles. The van der Waals surface area contributed by atoms with E-state index in [0.717, 1.165) is 4.41 Å². The molecule has 0 bridgehead atoms. The van der Waals surface area contributed by atoms with Crippen LogP contribution in [0.3, 0.4) is 0 Å². The van der Waals surface area contributed by atoms with Gasteiger partial charge in [-0.15, -0.1) is 0 Å². The number of para-hydroxylation sites is 1. The van der Waals surface area contributed by atoms with Crippen LogP contribution in [0.25, 0.3) is 0 Å². The molecule has 2 aromatic carbocycles. The van der Waals surface area contributed by atoms with Crippen molar-refractivity contribution in [3.63, 3.8) is 0 Å². The van der Waals surface area contributed by atoms with Crippen LogP contribution >= 0.6 is 0 Å². The molecule has 0 aliphatic heterocycles. The average molecular weight is 248 g/mol. The number of hydrogen-bond acceptors (Lipinski definition) is 3. The van der Waals surface area contributed by atoms with E-state index in [-0.39, 0.29) is 4.90 Å². The first-order valence-corrected chi connectivity index (χ1v) is 6.46. The van der Waals surface area contributed by atoms with Gasteiger partial charge in [0.15, 0.2) is 0 Å². The van der Waals surface area contributed by atoms with Gasteiger partial charge in [0.2, 0.25) is 0 Å². The van der Waals surface area contributed by atoms with E-state index in [4.69, 9.17) is 5.84 Å². The second kappa shape index (κ2) is 4.57. The van der Waals surface area contributed by atoms with Gasteiger partial charge in [-0.05, 0) is 24.3 Å². The van der Waals surface area contributed by atoms with Crippen molar-refractivity contribution in [1.82, 2.24) is 0 Å². The van der Waals surface area contributed by atoms with Crippen molar-refractivity contribution in [3.8, 4) is 0 Å². The molecule has 2 N–H and O–H groups in total. The molecule has 0 unspecified atom stereocenters. The first-order chi connectivity index (χ1) is 8.12. The van der Waals surface area contributed by atoms with Crippen molar-refractivity contribution in [3.05, 3.63) is 60.7 Å². The van der Waals surface area contributed by atoms with Gasteiger partial charge in [-0.3, -0.25) is 0 Å². The number of sulfonamides is 1. The van der Waals surface area contributed by atoms with Gasteiger partial charge in [0, 0.05) is 0 Å². The Balaban J connectivity index is 2.41. The molecule has 2 rings (SSSR count). The molecule has 0 aliphatic carbocycles. The third-order valence-corrected chi connectivity index (χ3v) is 3.91. The maximum absolute atomic E-state index is 12.1. The number of benzene rings is 2. The summed E-state index contributed by atoms with van der Waals surface area (Å²) in [6.07, 6.45) is 0. The number of hydrazine groups is 1. The van der Waals surface area contributed by atoms with Crippen LogP contribution in [-0.4, -0.2) is 8.42 Å². The van der Waals surface area contributed by atoms with Gasteiger partial charge in [0.25, 0.3) is 10.0 Å². The number of anilines is 1. The van der Waals surface area contributed by atoms with Crippen LogP contribution in [0.2, 0.25) is 0 Å². The summed E-state index contributed by atoms with van der Waals surface area (Å²) in [5.41, 5.74) is 0.427. The average Bonchev–Trinajstić information content (AvgIpc) is 2.40.